The standard InChI is InChI=1S/C17H18N4O3/c1-10-7-14(21-15(19-10)9-24-2)18-8-12-11-5-3-4-6-13(11)20-16(12)17(22)23/h3-7,20H,8-9H2,1-2H3,(H,22,23)(H,18,19,21). The second-order valence-electron chi connectivity index (χ2n) is 5.43. The molecule has 0 unspecified atom stereocenters. The van der Waals surface area contributed by atoms with Gasteiger partial charge in [0.15, 0.2) is 5.82 Å². The fourth-order valence-electron chi connectivity index (χ4n) is 2.66. The van der Waals surface area contributed by atoms with Crippen molar-refractivity contribution >= 4 is 22.7 Å². The van der Waals surface area contributed by atoms with Crippen molar-refractivity contribution in [2.45, 2.75) is 20.1 Å². The molecule has 7 heteroatoms. The highest BCUT2D eigenvalue weighted by molar-refractivity contribution is 5.97. The number of ether oxygens (including phenoxy) is 1. The number of aromatic amines is 1. The minimum Gasteiger partial charge on any atom is -0.477 e. The molecule has 0 amide bonds. The average Bonchev–Trinajstić information content (AvgIpc) is 2.92. The number of nitrogens with zero attached hydrogens (tertiary/aromatic N) is 2. The first-order valence-corrected chi connectivity index (χ1v) is 7.48. The molecule has 0 bridgehead atoms. The third kappa shape index (κ3) is 3.21. The van der Waals surface area contributed by atoms with Gasteiger partial charge in [0.2, 0.25) is 0 Å². The lowest BCUT2D eigenvalue weighted by molar-refractivity contribution is 0.0690. The van der Waals surface area contributed by atoms with Gasteiger partial charge in [0, 0.05) is 41.9 Å². The van der Waals surface area contributed by atoms with Crippen molar-refractivity contribution in [2.75, 3.05) is 12.4 Å². The Hall–Kier alpha value is -2.93. The molecule has 3 aromatic rings. The third-order valence-electron chi connectivity index (χ3n) is 3.65. The minimum atomic E-state index is -0.984. The van der Waals surface area contributed by atoms with Crippen molar-refractivity contribution in [1.82, 2.24) is 15.0 Å². The zero-order valence-electron chi connectivity index (χ0n) is 13.5. The molecule has 124 valence electrons. The molecule has 3 N–H and O–H groups in total. The molecule has 7 nitrogen and oxygen atoms in total. The van der Waals surface area contributed by atoms with Crippen LogP contribution in [0.4, 0.5) is 5.82 Å². The molecule has 0 atom stereocenters. The number of carboxylic acids is 1. The molecule has 2 aromatic heterocycles. The molecule has 2 heterocycles. The molecular weight excluding hydrogens is 308 g/mol. The van der Waals surface area contributed by atoms with Gasteiger partial charge < -0.3 is 20.1 Å². The number of hydrogen-bond donors (Lipinski definition) is 3. The largest absolute Gasteiger partial charge is 0.477 e. The van der Waals surface area contributed by atoms with Crippen LogP contribution >= 0.6 is 0 Å². The molecule has 24 heavy (non-hydrogen) atoms. The number of carboxylic acid groups (broad SMARTS) is 1. The van der Waals surface area contributed by atoms with Crippen molar-refractivity contribution in [2.24, 2.45) is 0 Å². The summed E-state index contributed by atoms with van der Waals surface area (Å²) < 4.78 is 5.06. The number of H-pyrrole nitrogens is 1. The Balaban J connectivity index is 1.91. The quantitative estimate of drug-likeness (QED) is 0.644. The highest BCUT2D eigenvalue weighted by atomic mass is 16.5. The number of aromatic nitrogens is 3. The van der Waals surface area contributed by atoms with Crippen LogP contribution in [0.5, 0.6) is 0 Å². The zero-order valence-corrected chi connectivity index (χ0v) is 13.5. The van der Waals surface area contributed by atoms with Crippen LogP contribution in [-0.2, 0) is 17.9 Å². The van der Waals surface area contributed by atoms with Crippen LogP contribution < -0.4 is 5.32 Å². The van der Waals surface area contributed by atoms with Crippen LogP contribution in [0.25, 0.3) is 10.9 Å². The lowest BCUT2D eigenvalue weighted by Gasteiger charge is -2.09. The van der Waals surface area contributed by atoms with Gasteiger partial charge in [-0.2, -0.15) is 0 Å². The van der Waals surface area contributed by atoms with E-state index in [9.17, 15) is 9.90 Å². The number of aromatic carboxylic acids is 1. The minimum absolute atomic E-state index is 0.187. The number of benzene rings is 1. The second kappa shape index (κ2) is 6.67. The number of rotatable bonds is 6. The molecule has 0 aliphatic carbocycles. The Morgan fingerprint density at radius 1 is 1.33 bits per heavy atom. The van der Waals surface area contributed by atoms with Crippen LogP contribution in [0.15, 0.2) is 30.3 Å². The molecule has 0 fully saturated rings. The van der Waals surface area contributed by atoms with Crippen LogP contribution in [0.2, 0.25) is 0 Å². The first-order chi connectivity index (χ1) is 11.6. The van der Waals surface area contributed by atoms with E-state index in [4.69, 9.17) is 4.74 Å². The van der Waals surface area contributed by atoms with Crippen LogP contribution in [0.3, 0.4) is 0 Å². The Bertz CT molecular complexity index is 889. The van der Waals surface area contributed by atoms with Gasteiger partial charge in [-0.3, -0.25) is 0 Å². The molecule has 0 saturated carbocycles. The molecule has 0 aliphatic heterocycles. The summed E-state index contributed by atoms with van der Waals surface area (Å²) in [5, 5.41) is 13.5. The Morgan fingerprint density at radius 3 is 2.88 bits per heavy atom. The van der Waals surface area contributed by atoms with Gasteiger partial charge in [0.1, 0.15) is 18.1 Å². The molecule has 0 aliphatic rings. The van der Waals surface area contributed by atoms with Gasteiger partial charge in [-0.15, -0.1) is 0 Å². The van der Waals surface area contributed by atoms with Crippen LogP contribution in [0, 0.1) is 6.92 Å². The van der Waals surface area contributed by atoms with Gasteiger partial charge in [-0.25, -0.2) is 14.8 Å². The number of hydrogen-bond acceptors (Lipinski definition) is 5. The topological polar surface area (TPSA) is 100 Å². The van der Waals surface area contributed by atoms with Crippen molar-refractivity contribution < 1.29 is 14.6 Å². The smallest absolute Gasteiger partial charge is 0.352 e. The fraction of sp³-hybridized carbons (Fsp3) is 0.235. The lowest BCUT2D eigenvalue weighted by Crippen LogP contribution is -2.09. The summed E-state index contributed by atoms with van der Waals surface area (Å²) in [6.45, 7) is 2.54. The summed E-state index contributed by atoms with van der Waals surface area (Å²) in [5.41, 5.74) is 2.50. The number of anilines is 1. The predicted molar refractivity (Wildman–Crippen MR) is 90.1 cm³/mol. The van der Waals surface area contributed by atoms with Gasteiger partial charge in [0.25, 0.3) is 0 Å². The molecule has 0 spiro atoms. The first kappa shape index (κ1) is 15.9. The maximum atomic E-state index is 11.5. The number of fused-ring (bicyclic) bond motifs is 1. The Morgan fingerprint density at radius 2 is 2.12 bits per heavy atom. The predicted octanol–water partition coefficient (Wildman–Crippen LogP) is 2.72. The molecule has 3 rings (SSSR count). The van der Waals surface area contributed by atoms with E-state index in [0.29, 0.717) is 30.4 Å². The summed E-state index contributed by atoms with van der Waals surface area (Å²) in [6.07, 6.45) is 0. The van der Waals surface area contributed by atoms with E-state index in [-0.39, 0.29) is 5.69 Å². The summed E-state index contributed by atoms with van der Waals surface area (Å²) in [5.74, 6) is 0.232. The van der Waals surface area contributed by atoms with Crippen LogP contribution in [-0.4, -0.2) is 33.1 Å². The van der Waals surface area contributed by atoms with E-state index in [1.165, 1.54) is 0 Å². The molecule has 0 radical (unpaired) electrons. The van der Waals surface area contributed by atoms with Gasteiger partial charge >= 0.3 is 5.97 Å². The van der Waals surface area contributed by atoms with Crippen molar-refractivity contribution in [3.63, 3.8) is 0 Å². The normalized spacial score (nSPS) is 10.9. The summed E-state index contributed by atoms with van der Waals surface area (Å²) in [4.78, 5) is 23.1. The summed E-state index contributed by atoms with van der Waals surface area (Å²) in [6, 6.07) is 9.32. The van der Waals surface area contributed by atoms with Gasteiger partial charge in [-0.1, -0.05) is 18.2 Å². The second-order valence-corrected chi connectivity index (χ2v) is 5.43. The summed E-state index contributed by atoms with van der Waals surface area (Å²) in [7, 11) is 1.59. The fourth-order valence-corrected chi connectivity index (χ4v) is 2.66. The van der Waals surface area contributed by atoms with Crippen LogP contribution in [0.1, 0.15) is 27.6 Å². The number of carbonyl (C=O) groups is 1. The number of para-hydroxylation sites is 1. The molecule has 1 aromatic carbocycles. The van der Waals surface area contributed by atoms with Crippen molar-refractivity contribution in [3.05, 3.63) is 53.1 Å². The van der Waals surface area contributed by atoms with E-state index >= 15 is 0 Å². The zero-order chi connectivity index (χ0) is 17.1. The Kier molecular flexibility index (Phi) is 4.43. The van der Waals surface area contributed by atoms with Crippen molar-refractivity contribution in [1.29, 1.82) is 0 Å². The SMILES string of the molecule is COCc1nc(C)cc(NCc2c(C(=O)O)[nH]c3ccccc23)n1. The average molecular weight is 326 g/mol. The van der Waals surface area contributed by atoms with Crippen molar-refractivity contribution in [3.8, 4) is 0 Å². The lowest BCUT2D eigenvalue weighted by atomic mass is 10.1. The Labute approximate surface area is 138 Å². The number of methoxy groups -OCH3 is 1. The van der Waals surface area contributed by atoms with E-state index in [1.807, 2.05) is 37.3 Å². The number of nitrogens with one attached hydrogen (secondary N) is 2. The van der Waals surface area contributed by atoms with E-state index in [0.717, 1.165) is 16.6 Å². The number of aryl methyl sites for hydroxylation is 1. The highest BCUT2D eigenvalue weighted by Crippen LogP contribution is 2.23. The maximum Gasteiger partial charge on any atom is 0.352 e. The van der Waals surface area contributed by atoms with E-state index in [1.54, 1.807) is 7.11 Å². The highest BCUT2D eigenvalue weighted by Gasteiger charge is 2.16. The molecule has 0 saturated heterocycles. The maximum absolute atomic E-state index is 11.5. The summed E-state index contributed by atoms with van der Waals surface area (Å²) >= 11 is 0. The van der Waals surface area contributed by atoms with Gasteiger partial charge in [0.05, 0.1) is 0 Å². The monoisotopic (exact) mass is 326 g/mol. The molecular formula is C17H18N4O3. The van der Waals surface area contributed by atoms with E-state index in [2.05, 4.69) is 20.3 Å². The first-order valence-electron chi connectivity index (χ1n) is 7.48. The van der Waals surface area contributed by atoms with E-state index < -0.39 is 5.97 Å². The third-order valence-corrected chi connectivity index (χ3v) is 3.65. The van der Waals surface area contributed by atoms with Gasteiger partial charge in [-0.05, 0) is 13.0 Å².